The van der Waals surface area contributed by atoms with Gasteiger partial charge in [-0.15, -0.1) is 0 Å². The van der Waals surface area contributed by atoms with Gasteiger partial charge in [-0.2, -0.15) is 0 Å². The highest BCUT2D eigenvalue weighted by Gasteiger charge is 2.42. The molecule has 0 aromatic carbocycles. The molecule has 2 atom stereocenters. The smallest absolute Gasteiger partial charge is 0.251 e. The predicted molar refractivity (Wildman–Crippen MR) is 77.7 cm³/mol. The quantitative estimate of drug-likeness (QED) is 0.823. The minimum atomic E-state index is -0.375. The van der Waals surface area contributed by atoms with Crippen molar-refractivity contribution in [3.63, 3.8) is 0 Å². The van der Waals surface area contributed by atoms with Gasteiger partial charge in [-0.05, 0) is 46.7 Å². The van der Waals surface area contributed by atoms with Gasteiger partial charge in [0.1, 0.15) is 6.10 Å². The maximum atomic E-state index is 12.2. The summed E-state index contributed by atoms with van der Waals surface area (Å²) in [6, 6.07) is 0. The second-order valence-corrected chi connectivity index (χ2v) is 5.86. The number of hydrogen-bond donors (Lipinski definition) is 1. The van der Waals surface area contributed by atoms with E-state index in [1.165, 1.54) is 0 Å². The molecule has 20 heavy (non-hydrogen) atoms. The summed E-state index contributed by atoms with van der Waals surface area (Å²) in [5.41, 5.74) is -0.00607. The van der Waals surface area contributed by atoms with Gasteiger partial charge in [0.15, 0.2) is 0 Å². The lowest BCUT2D eigenvalue weighted by atomic mass is 9.89. The van der Waals surface area contributed by atoms with E-state index < -0.39 is 0 Å². The molecule has 0 aromatic heterocycles. The summed E-state index contributed by atoms with van der Waals surface area (Å²) in [5.74, 6) is 0.0845. The summed E-state index contributed by atoms with van der Waals surface area (Å²) in [4.78, 5) is 14.0. The Hall–Kier alpha value is -0.650. The van der Waals surface area contributed by atoms with Gasteiger partial charge in [0.05, 0.1) is 18.3 Å². The molecule has 2 saturated heterocycles. The summed E-state index contributed by atoms with van der Waals surface area (Å²) in [6.07, 6.45) is 2.70. The van der Waals surface area contributed by atoms with Crippen molar-refractivity contribution in [2.45, 2.75) is 57.8 Å². The fraction of sp³-hybridized carbons (Fsp3) is 0.933. The van der Waals surface area contributed by atoms with E-state index in [0.29, 0.717) is 6.61 Å². The van der Waals surface area contributed by atoms with Gasteiger partial charge in [-0.3, -0.25) is 4.79 Å². The van der Waals surface area contributed by atoms with Gasteiger partial charge < -0.3 is 19.7 Å². The average Bonchev–Trinajstić information content (AvgIpc) is 2.83. The first-order valence-corrected chi connectivity index (χ1v) is 7.89. The molecule has 1 spiro atoms. The van der Waals surface area contributed by atoms with Crippen LogP contribution in [0.3, 0.4) is 0 Å². The van der Waals surface area contributed by atoms with Crippen LogP contribution in [0.4, 0.5) is 0 Å². The molecule has 2 unspecified atom stereocenters. The number of hydrogen-bond acceptors (Lipinski definition) is 4. The zero-order valence-corrected chi connectivity index (χ0v) is 13.0. The van der Waals surface area contributed by atoms with Crippen molar-refractivity contribution in [1.29, 1.82) is 0 Å². The number of nitrogens with zero attached hydrogens (tertiary/aromatic N) is 1. The fourth-order valence-electron chi connectivity index (χ4n) is 3.26. The number of ether oxygens (including phenoxy) is 2. The Morgan fingerprint density at radius 1 is 1.40 bits per heavy atom. The maximum absolute atomic E-state index is 12.2. The first-order chi connectivity index (χ1) is 9.60. The van der Waals surface area contributed by atoms with Gasteiger partial charge in [-0.25, -0.2) is 0 Å². The normalized spacial score (nSPS) is 26.6. The van der Waals surface area contributed by atoms with E-state index in [4.69, 9.17) is 9.47 Å². The van der Waals surface area contributed by atoms with Crippen LogP contribution in [0.5, 0.6) is 0 Å². The number of nitrogens with one attached hydrogen (secondary N) is 1. The number of likely N-dealkylation sites (N-methyl/N-ethyl adjacent to an activating group) is 1. The predicted octanol–water partition coefficient (Wildman–Crippen LogP) is 1.17. The molecule has 0 radical (unpaired) electrons. The van der Waals surface area contributed by atoms with Crippen LogP contribution in [-0.2, 0) is 14.3 Å². The summed E-state index contributed by atoms with van der Waals surface area (Å²) < 4.78 is 11.9. The molecule has 0 bridgehead atoms. The molecule has 0 aliphatic carbocycles. The molecule has 2 rings (SSSR count). The maximum Gasteiger partial charge on any atom is 0.251 e. The number of carbonyl (C=O) groups is 1. The average molecular weight is 284 g/mol. The van der Waals surface area contributed by atoms with E-state index in [2.05, 4.69) is 5.32 Å². The van der Waals surface area contributed by atoms with E-state index in [9.17, 15) is 4.79 Å². The summed E-state index contributed by atoms with van der Waals surface area (Å²) >= 11 is 0. The molecule has 116 valence electrons. The molecule has 1 amide bonds. The van der Waals surface area contributed by atoms with E-state index in [-0.39, 0.29) is 23.7 Å². The van der Waals surface area contributed by atoms with Crippen LogP contribution in [0.15, 0.2) is 0 Å². The first-order valence-electron chi connectivity index (χ1n) is 7.89. The Kier molecular flexibility index (Phi) is 5.41. The molecule has 2 heterocycles. The van der Waals surface area contributed by atoms with Crippen LogP contribution >= 0.6 is 0 Å². The third-order valence-corrected chi connectivity index (χ3v) is 4.51. The van der Waals surface area contributed by atoms with Gasteiger partial charge in [0.2, 0.25) is 0 Å². The number of rotatable bonds is 5. The van der Waals surface area contributed by atoms with Crippen molar-refractivity contribution in [2.75, 3.05) is 32.8 Å². The van der Waals surface area contributed by atoms with Crippen molar-refractivity contribution < 1.29 is 14.3 Å². The highest BCUT2D eigenvalue weighted by atomic mass is 16.6. The molecule has 0 saturated carbocycles. The van der Waals surface area contributed by atoms with Gasteiger partial charge in [0.25, 0.3) is 5.91 Å². The summed E-state index contributed by atoms with van der Waals surface area (Å²) in [5, 5.41) is 3.36. The minimum absolute atomic E-state index is 0.00607. The third kappa shape index (κ3) is 3.51. The number of carbonyl (C=O) groups excluding carboxylic acids is 1. The Labute approximate surface area is 122 Å². The Balaban J connectivity index is 1.83. The third-order valence-electron chi connectivity index (χ3n) is 4.51. The topological polar surface area (TPSA) is 50.8 Å². The Bertz CT molecular complexity index is 325. The molecular formula is C15H28N2O3. The molecule has 2 fully saturated rings. The lowest BCUT2D eigenvalue weighted by molar-refractivity contribution is -0.145. The van der Waals surface area contributed by atoms with Gasteiger partial charge in [0, 0.05) is 19.5 Å². The lowest BCUT2D eigenvalue weighted by Crippen LogP contribution is -2.42. The second kappa shape index (κ2) is 6.87. The van der Waals surface area contributed by atoms with E-state index in [1.807, 2.05) is 25.7 Å². The molecule has 2 aliphatic heterocycles. The molecule has 0 aromatic rings. The SMILES string of the molecule is CCN(CC)C(=O)C(C)OC1COC2(CCNCC2)C1. The van der Waals surface area contributed by atoms with E-state index in [0.717, 1.165) is 45.4 Å². The van der Waals surface area contributed by atoms with Crippen molar-refractivity contribution >= 4 is 5.91 Å². The van der Waals surface area contributed by atoms with Crippen LogP contribution in [0.2, 0.25) is 0 Å². The minimum Gasteiger partial charge on any atom is -0.372 e. The lowest BCUT2D eigenvalue weighted by Gasteiger charge is -2.33. The van der Waals surface area contributed by atoms with Gasteiger partial charge in [-0.1, -0.05) is 0 Å². The van der Waals surface area contributed by atoms with Crippen molar-refractivity contribution in [3.8, 4) is 0 Å². The van der Waals surface area contributed by atoms with Crippen molar-refractivity contribution in [2.24, 2.45) is 0 Å². The van der Waals surface area contributed by atoms with Crippen LogP contribution in [0.1, 0.15) is 40.0 Å². The van der Waals surface area contributed by atoms with Crippen LogP contribution in [0.25, 0.3) is 0 Å². The Morgan fingerprint density at radius 2 is 2.05 bits per heavy atom. The molecule has 1 N–H and O–H groups in total. The summed E-state index contributed by atoms with van der Waals surface area (Å²) in [7, 11) is 0. The van der Waals surface area contributed by atoms with Crippen LogP contribution in [0, 0.1) is 0 Å². The fourth-order valence-corrected chi connectivity index (χ4v) is 3.26. The first kappa shape index (κ1) is 15.7. The van der Waals surface area contributed by atoms with Gasteiger partial charge >= 0.3 is 0 Å². The Morgan fingerprint density at radius 3 is 2.65 bits per heavy atom. The zero-order valence-electron chi connectivity index (χ0n) is 13.0. The molecule has 2 aliphatic rings. The van der Waals surface area contributed by atoms with Crippen LogP contribution in [-0.4, -0.2) is 61.4 Å². The standard InChI is InChI=1S/C15H28N2O3/c1-4-17(5-2)14(18)12(3)20-13-10-15(19-11-13)6-8-16-9-7-15/h12-13,16H,4-11H2,1-3H3. The monoisotopic (exact) mass is 284 g/mol. The molecule has 5 nitrogen and oxygen atoms in total. The zero-order chi connectivity index (χ0) is 14.6. The largest absolute Gasteiger partial charge is 0.372 e. The van der Waals surface area contributed by atoms with E-state index >= 15 is 0 Å². The summed E-state index contributed by atoms with van der Waals surface area (Å²) in [6.45, 7) is 9.97. The molecular weight excluding hydrogens is 256 g/mol. The molecule has 5 heteroatoms. The highest BCUT2D eigenvalue weighted by Crippen LogP contribution is 2.35. The van der Waals surface area contributed by atoms with E-state index in [1.54, 1.807) is 0 Å². The number of piperidine rings is 1. The van der Waals surface area contributed by atoms with Crippen molar-refractivity contribution in [1.82, 2.24) is 10.2 Å². The second-order valence-electron chi connectivity index (χ2n) is 5.86. The number of amides is 1. The van der Waals surface area contributed by atoms with Crippen molar-refractivity contribution in [3.05, 3.63) is 0 Å². The highest BCUT2D eigenvalue weighted by molar-refractivity contribution is 5.80. The van der Waals surface area contributed by atoms with Crippen LogP contribution < -0.4 is 5.32 Å².